The number of pyridine rings is 1. The van der Waals surface area contributed by atoms with Crippen molar-refractivity contribution in [2.24, 2.45) is 0 Å². The van der Waals surface area contributed by atoms with Crippen LogP contribution in [0, 0.1) is 12.7 Å². The number of aromatic nitrogens is 1. The highest BCUT2D eigenvalue weighted by Crippen LogP contribution is 2.42. The largest absolute Gasteiger partial charge is 0.256 e. The minimum atomic E-state index is -0.155. The summed E-state index contributed by atoms with van der Waals surface area (Å²) in [7, 11) is 0. The fraction of sp³-hybridized carbons (Fsp3) is 0.0294. The van der Waals surface area contributed by atoms with E-state index in [-0.39, 0.29) is 5.82 Å². The summed E-state index contributed by atoms with van der Waals surface area (Å²) in [5, 5.41) is 4.84. The third kappa shape index (κ3) is 3.62. The maximum atomic E-state index is 14.9. The summed E-state index contributed by atoms with van der Waals surface area (Å²) in [5.41, 5.74) is 6.21. The SMILES string of the molecule is Cc1ccc2c(ccc3c(-c4cc(-c5ccccc5)c5cc(-c6ccccc6)sc5c4)nccc32)c1F. The maximum Gasteiger partial charge on any atom is 0.133 e. The molecule has 3 heteroatoms. The maximum absolute atomic E-state index is 14.9. The predicted molar refractivity (Wildman–Crippen MR) is 156 cm³/mol. The van der Waals surface area contributed by atoms with Crippen LogP contribution < -0.4 is 0 Å². The molecule has 0 amide bonds. The van der Waals surface area contributed by atoms with Gasteiger partial charge in [0, 0.05) is 37.5 Å². The van der Waals surface area contributed by atoms with Gasteiger partial charge in [-0.2, -0.15) is 0 Å². The molecule has 176 valence electrons. The van der Waals surface area contributed by atoms with E-state index >= 15 is 0 Å². The molecule has 2 aromatic heterocycles. The zero-order valence-electron chi connectivity index (χ0n) is 20.2. The third-order valence-corrected chi connectivity index (χ3v) is 8.25. The Morgan fingerprint density at radius 3 is 2.05 bits per heavy atom. The Bertz CT molecular complexity index is 1940. The molecule has 37 heavy (non-hydrogen) atoms. The Morgan fingerprint density at radius 1 is 0.595 bits per heavy atom. The molecule has 0 spiro atoms. The summed E-state index contributed by atoms with van der Waals surface area (Å²) in [4.78, 5) is 6.08. The summed E-state index contributed by atoms with van der Waals surface area (Å²) >= 11 is 1.80. The smallest absolute Gasteiger partial charge is 0.133 e. The van der Waals surface area contributed by atoms with Gasteiger partial charge >= 0.3 is 0 Å². The highest BCUT2D eigenvalue weighted by atomic mass is 32.1. The number of halogens is 1. The lowest BCUT2D eigenvalue weighted by Gasteiger charge is -2.12. The van der Waals surface area contributed by atoms with Gasteiger partial charge in [-0.15, -0.1) is 11.3 Å². The molecular formula is C34H22FNS. The normalized spacial score (nSPS) is 11.5. The van der Waals surface area contributed by atoms with Crippen molar-refractivity contribution in [3.63, 3.8) is 0 Å². The minimum Gasteiger partial charge on any atom is -0.256 e. The van der Waals surface area contributed by atoms with Crippen LogP contribution in [0.3, 0.4) is 0 Å². The molecule has 0 unspecified atom stereocenters. The quantitative estimate of drug-likeness (QED) is 0.222. The average Bonchev–Trinajstić information content (AvgIpc) is 3.39. The fourth-order valence-corrected chi connectivity index (χ4v) is 6.38. The minimum absolute atomic E-state index is 0.155. The lowest BCUT2D eigenvalue weighted by atomic mass is 9.94. The van der Waals surface area contributed by atoms with Gasteiger partial charge in [-0.3, -0.25) is 4.98 Å². The third-order valence-electron chi connectivity index (χ3n) is 7.12. The Morgan fingerprint density at radius 2 is 1.27 bits per heavy atom. The lowest BCUT2D eigenvalue weighted by Crippen LogP contribution is -1.91. The van der Waals surface area contributed by atoms with Crippen LogP contribution in [0.4, 0.5) is 4.39 Å². The van der Waals surface area contributed by atoms with E-state index in [1.54, 1.807) is 11.3 Å². The Kier molecular flexibility index (Phi) is 5.12. The van der Waals surface area contributed by atoms with Crippen LogP contribution in [0.25, 0.3) is 64.5 Å². The molecular weight excluding hydrogens is 473 g/mol. The molecule has 0 saturated heterocycles. The number of hydrogen-bond acceptors (Lipinski definition) is 2. The van der Waals surface area contributed by atoms with Gasteiger partial charge in [0.2, 0.25) is 0 Å². The van der Waals surface area contributed by atoms with Gasteiger partial charge in [0.1, 0.15) is 5.82 Å². The van der Waals surface area contributed by atoms with Crippen molar-refractivity contribution in [2.75, 3.05) is 0 Å². The van der Waals surface area contributed by atoms with E-state index in [9.17, 15) is 4.39 Å². The number of hydrogen-bond donors (Lipinski definition) is 0. The monoisotopic (exact) mass is 495 g/mol. The van der Waals surface area contributed by atoms with Gasteiger partial charge in [0.25, 0.3) is 0 Å². The summed E-state index contributed by atoms with van der Waals surface area (Å²) in [6, 6.07) is 37.6. The van der Waals surface area contributed by atoms with Gasteiger partial charge in [-0.05, 0) is 64.2 Å². The first-order valence-corrected chi connectivity index (χ1v) is 13.1. The van der Waals surface area contributed by atoms with Gasteiger partial charge in [-0.25, -0.2) is 4.39 Å². The molecule has 5 aromatic carbocycles. The topological polar surface area (TPSA) is 12.9 Å². The van der Waals surface area contributed by atoms with Crippen molar-refractivity contribution >= 4 is 43.0 Å². The van der Waals surface area contributed by atoms with Crippen LogP contribution in [0.2, 0.25) is 0 Å². The number of nitrogens with zero attached hydrogens (tertiary/aromatic N) is 1. The Hall–Kier alpha value is -4.34. The van der Waals surface area contributed by atoms with Crippen molar-refractivity contribution in [1.29, 1.82) is 0 Å². The second kappa shape index (κ2) is 8.65. The van der Waals surface area contributed by atoms with Crippen LogP contribution in [0.1, 0.15) is 5.56 Å². The highest BCUT2D eigenvalue weighted by molar-refractivity contribution is 7.22. The molecule has 7 rings (SSSR count). The number of fused-ring (bicyclic) bond motifs is 4. The first-order chi connectivity index (χ1) is 18.2. The highest BCUT2D eigenvalue weighted by Gasteiger charge is 2.16. The van der Waals surface area contributed by atoms with Crippen LogP contribution in [-0.2, 0) is 0 Å². The van der Waals surface area contributed by atoms with Crippen molar-refractivity contribution in [1.82, 2.24) is 4.98 Å². The molecule has 1 nitrogen and oxygen atoms in total. The van der Waals surface area contributed by atoms with E-state index in [0.717, 1.165) is 27.4 Å². The Balaban J connectivity index is 1.51. The van der Waals surface area contributed by atoms with E-state index in [2.05, 4.69) is 66.7 Å². The molecule has 0 bridgehead atoms. The number of rotatable bonds is 3. The van der Waals surface area contributed by atoms with Gasteiger partial charge in [0.05, 0.1) is 5.69 Å². The van der Waals surface area contributed by atoms with Gasteiger partial charge in [-0.1, -0.05) is 84.9 Å². The molecule has 2 heterocycles. The molecule has 0 aliphatic rings. The van der Waals surface area contributed by atoms with Crippen molar-refractivity contribution < 1.29 is 4.39 Å². The molecule has 0 atom stereocenters. The number of thiophene rings is 1. The van der Waals surface area contributed by atoms with Crippen molar-refractivity contribution in [2.45, 2.75) is 6.92 Å². The molecule has 0 saturated carbocycles. The predicted octanol–water partition coefficient (Wildman–Crippen LogP) is 10.1. The molecule has 0 radical (unpaired) electrons. The van der Waals surface area contributed by atoms with Crippen LogP contribution >= 0.6 is 11.3 Å². The van der Waals surface area contributed by atoms with Gasteiger partial charge in [0.15, 0.2) is 0 Å². The molecule has 7 aromatic rings. The van der Waals surface area contributed by atoms with E-state index in [4.69, 9.17) is 4.98 Å². The summed E-state index contributed by atoms with van der Waals surface area (Å²) < 4.78 is 16.1. The van der Waals surface area contributed by atoms with Crippen molar-refractivity contribution in [3.8, 4) is 32.8 Å². The molecule has 0 fully saturated rings. The van der Waals surface area contributed by atoms with E-state index < -0.39 is 0 Å². The molecule has 0 aliphatic heterocycles. The molecule has 0 aliphatic carbocycles. The standard InChI is InChI=1S/C34H22FNS/c1-21-12-13-25-26-16-17-36-34(28(26)15-14-27(25)33(21)35)24-18-29(22-8-4-2-5-9-22)30-20-31(37-32(30)19-24)23-10-6-3-7-11-23/h2-20H,1H3. The second-order valence-electron chi connectivity index (χ2n) is 9.39. The summed E-state index contributed by atoms with van der Waals surface area (Å²) in [5.74, 6) is -0.155. The van der Waals surface area contributed by atoms with E-state index in [0.29, 0.717) is 10.9 Å². The average molecular weight is 496 g/mol. The van der Waals surface area contributed by atoms with E-state index in [1.165, 1.54) is 31.7 Å². The van der Waals surface area contributed by atoms with Crippen LogP contribution in [0.15, 0.2) is 115 Å². The summed E-state index contributed by atoms with van der Waals surface area (Å²) in [6.45, 7) is 1.81. The Labute approximate surface area is 218 Å². The zero-order chi connectivity index (χ0) is 24.9. The fourth-order valence-electron chi connectivity index (χ4n) is 5.25. The number of aryl methyl sites for hydroxylation is 1. The number of benzene rings is 5. The lowest BCUT2D eigenvalue weighted by molar-refractivity contribution is 0.631. The van der Waals surface area contributed by atoms with Crippen LogP contribution in [0.5, 0.6) is 0 Å². The van der Waals surface area contributed by atoms with E-state index in [1.807, 2.05) is 55.6 Å². The van der Waals surface area contributed by atoms with Crippen molar-refractivity contribution in [3.05, 3.63) is 127 Å². The second-order valence-corrected chi connectivity index (χ2v) is 10.5. The van der Waals surface area contributed by atoms with Crippen LogP contribution in [-0.4, -0.2) is 4.98 Å². The molecule has 0 N–H and O–H groups in total. The van der Waals surface area contributed by atoms with Gasteiger partial charge < -0.3 is 0 Å². The first-order valence-electron chi connectivity index (χ1n) is 12.3. The zero-order valence-corrected chi connectivity index (χ0v) is 21.0. The summed E-state index contributed by atoms with van der Waals surface area (Å²) in [6.07, 6.45) is 1.84. The first kappa shape index (κ1) is 21.9.